The van der Waals surface area contributed by atoms with Crippen molar-refractivity contribution >= 4 is 5.91 Å². The number of amides is 1. The van der Waals surface area contributed by atoms with Crippen molar-refractivity contribution in [2.75, 3.05) is 0 Å². The first-order valence-corrected chi connectivity index (χ1v) is 6.78. The molecule has 2 rings (SSSR count). The number of hydrogen-bond donors (Lipinski definition) is 1. The number of carbonyl (C=O) groups excluding carboxylic acids is 1. The van der Waals surface area contributed by atoms with Crippen LogP contribution in [0.2, 0.25) is 0 Å². The van der Waals surface area contributed by atoms with E-state index < -0.39 is 0 Å². The lowest BCUT2D eigenvalue weighted by Gasteiger charge is -2.06. The average molecular weight is 272 g/mol. The minimum atomic E-state index is -0.212. The molecule has 1 aromatic heterocycles. The third kappa shape index (κ3) is 3.26. The van der Waals surface area contributed by atoms with E-state index in [1.807, 2.05) is 39.0 Å². The Bertz CT molecular complexity index is 615. The molecule has 0 unspecified atom stereocenters. The maximum absolute atomic E-state index is 12.2. The summed E-state index contributed by atoms with van der Waals surface area (Å²) in [6.07, 6.45) is 0. The van der Waals surface area contributed by atoms with Crippen molar-refractivity contribution in [1.82, 2.24) is 10.3 Å². The molecule has 0 fully saturated rings. The predicted molar refractivity (Wildman–Crippen MR) is 77.7 cm³/mol. The van der Waals surface area contributed by atoms with Gasteiger partial charge in [0.25, 0.3) is 5.91 Å². The molecular weight excluding hydrogens is 252 g/mol. The zero-order chi connectivity index (χ0) is 14.7. The molecule has 4 heteroatoms. The molecule has 1 aromatic carbocycles. The summed E-state index contributed by atoms with van der Waals surface area (Å²) in [6, 6.07) is 8.05. The molecule has 20 heavy (non-hydrogen) atoms. The van der Waals surface area contributed by atoms with Crippen LogP contribution in [0.1, 0.15) is 53.0 Å². The molecule has 0 saturated heterocycles. The predicted octanol–water partition coefficient (Wildman–Crippen LogP) is 3.34. The molecule has 0 bridgehead atoms. The van der Waals surface area contributed by atoms with E-state index in [2.05, 4.69) is 16.4 Å². The molecule has 106 valence electrons. The fraction of sp³-hybridized carbons (Fsp3) is 0.375. The Morgan fingerprint density at radius 2 is 2.10 bits per heavy atom. The van der Waals surface area contributed by atoms with Gasteiger partial charge in [-0.1, -0.05) is 43.7 Å². The first-order chi connectivity index (χ1) is 9.47. The highest BCUT2D eigenvalue weighted by Crippen LogP contribution is 2.19. The van der Waals surface area contributed by atoms with Crippen molar-refractivity contribution in [3.05, 3.63) is 52.7 Å². The van der Waals surface area contributed by atoms with Crippen molar-refractivity contribution < 1.29 is 9.21 Å². The molecular formula is C16H20N2O2. The van der Waals surface area contributed by atoms with Crippen LogP contribution in [0, 0.1) is 13.8 Å². The van der Waals surface area contributed by atoms with Gasteiger partial charge in [0.05, 0.1) is 5.69 Å². The summed E-state index contributed by atoms with van der Waals surface area (Å²) in [6.45, 7) is 8.26. The molecule has 0 saturated carbocycles. The van der Waals surface area contributed by atoms with Crippen molar-refractivity contribution in [2.45, 2.75) is 40.2 Å². The zero-order valence-electron chi connectivity index (χ0n) is 12.4. The number of nitrogens with zero attached hydrogens (tertiary/aromatic N) is 1. The number of rotatable bonds is 4. The Balaban J connectivity index is 2.09. The van der Waals surface area contributed by atoms with Crippen LogP contribution in [0.5, 0.6) is 0 Å². The first kappa shape index (κ1) is 14.3. The van der Waals surface area contributed by atoms with E-state index in [4.69, 9.17) is 4.42 Å². The van der Waals surface area contributed by atoms with Crippen LogP contribution >= 0.6 is 0 Å². The highest BCUT2D eigenvalue weighted by molar-refractivity contribution is 5.92. The summed E-state index contributed by atoms with van der Waals surface area (Å²) in [4.78, 5) is 16.5. The lowest BCUT2D eigenvalue weighted by atomic mass is 10.1. The molecule has 1 amide bonds. The van der Waals surface area contributed by atoms with Crippen molar-refractivity contribution in [1.29, 1.82) is 0 Å². The fourth-order valence-electron chi connectivity index (χ4n) is 2.08. The number of hydrogen-bond acceptors (Lipinski definition) is 3. The smallest absolute Gasteiger partial charge is 0.289 e. The zero-order valence-corrected chi connectivity index (χ0v) is 12.4. The standard InChI is InChI=1S/C16H20N2O2/c1-10(2)14-15(20-12(4)18-14)16(19)17-9-13-7-5-6-11(3)8-13/h5-8,10H,9H2,1-4H3,(H,17,19). The fourth-order valence-corrected chi connectivity index (χ4v) is 2.08. The second-order valence-corrected chi connectivity index (χ2v) is 5.27. The van der Waals surface area contributed by atoms with Gasteiger partial charge >= 0.3 is 0 Å². The largest absolute Gasteiger partial charge is 0.436 e. The Morgan fingerprint density at radius 1 is 1.35 bits per heavy atom. The molecule has 1 heterocycles. The Labute approximate surface area is 119 Å². The minimum absolute atomic E-state index is 0.159. The number of benzene rings is 1. The minimum Gasteiger partial charge on any atom is -0.436 e. The van der Waals surface area contributed by atoms with Gasteiger partial charge in [-0.15, -0.1) is 0 Å². The third-order valence-electron chi connectivity index (χ3n) is 3.05. The number of nitrogens with one attached hydrogen (secondary N) is 1. The van der Waals surface area contributed by atoms with Gasteiger partial charge in [0.2, 0.25) is 5.76 Å². The van der Waals surface area contributed by atoms with Gasteiger partial charge in [0.1, 0.15) is 0 Å². The van der Waals surface area contributed by atoms with Gasteiger partial charge in [-0.3, -0.25) is 4.79 Å². The van der Waals surface area contributed by atoms with E-state index >= 15 is 0 Å². The molecule has 0 radical (unpaired) electrons. The molecule has 4 nitrogen and oxygen atoms in total. The van der Waals surface area contributed by atoms with E-state index in [1.165, 1.54) is 5.56 Å². The summed E-state index contributed by atoms with van der Waals surface area (Å²) in [5.74, 6) is 0.794. The molecule has 0 aliphatic rings. The summed E-state index contributed by atoms with van der Waals surface area (Å²) in [5.41, 5.74) is 2.96. The van der Waals surface area contributed by atoms with Gasteiger partial charge in [-0.05, 0) is 18.4 Å². The summed E-state index contributed by atoms with van der Waals surface area (Å²) in [7, 11) is 0. The van der Waals surface area contributed by atoms with Crippen LogP contribution in [0.15, 0.2) is 28.7 Å². The number of carbonyl (C=O) groups is 1. The Hall–Kier alpha value is -2.10. The second-order valence-electron chi connectivity index (χ2n) is 5.27. The summed E-state index contributed by atoms with van der Waals surface area (Å²) in [5, 5.41) is 2.88. The lowest BCUT2D eigenvalue weighted by molar-refractivity contribution is 0.0920. The van der Waals surface area contributed by atoms with E-state index in [0.717, 1.165) is 5.56 Å². The van der Waals surface area contributed by atoms with Gasteiger partial charge in [0, 0.05) is 13.5 Å². The number of oxazole rings is 1. The molecule has 0 aliphatic carbocycles. The van der Waals surface area contributed by atoms with Gasteiger partial charge in [-0.2, -0.15) is 0 Å². The van der Waals surface area contributed by atoms with Gasteiger partial charge < -0.3 is 9.73 Å². The van der Waals surface area contributed by atoms with Crippen LogP contribution in [0.4, 0.5) is 0 Å². The van der Waals surface area contributed by atoms with Crippen molar-refractivity contribution in [3.63, 3.8) is 0 Å². The van der Waals surface area contributed by atoms with Crippen LogP contribution in [-0.2, 0) is 6.54 Å². The van der Waals surface area contributed by atoms with Crippen molar-refractivity contribution in [3.8, 4) is 0 Å². The van der Waals surface area contributed by atoms with Gasteiger partial charge in [-0.25, -0.2) is 4.98 Å². The maximum atomic E-state index is 12.2. The molecule has 0 aliphatic heterocycles. The number of aryl methyl sites for hydroxylation is 2. The van der Waals surface area contributed by atoms with E-state index in [9.17, 15) is 4.79 Å². The van der Waals surface area contributed by atoms with E-state index in [1.54, 1.807) is 6.92 Å². The highest BCUT2D eigenvalue weighted by atomic mass is 16.4. The van der Waals surface area contributed by atoms with Crippen molar-refractivity contribution in [2.24, 2.45) is 0 Å². The second kappa shape index (κ2) is 5.90. The van der Waals surface area contributed by atoms with Crippen LogP contribution in [0.25, 0.3) is 0 Å². The van der Waals surface area contributed by atoms with Crippen LogP contribution < -0.4 is 5.32 Å². The van der Waals surface area contributed by atoms with Gasteiger partial charge in [0.15, 0.2) is 5.89 Å². The lowest BCUT2D eigenvalue weighted by Crippen LogP contribution is -2.23. The summed E-state index contributed by atoms with van der Waals surface area (Å²) >= 11 is 0. The highest BCUT2D eigenvalue weighted by Gasteiger charge is 2.20. The van der Waals surface area contributed by atoms with E-state index in [0.29, 0.717) is 23.9 Å². The quantitative estimate of drug-likeness (QED) is 0.928. The molecule has 0 atom stereocenters. The van der Waals surface area contributed by atoms with Crippen LogP contribution in [0.3, 0.4) is 0 Å². The summed E-state index contributed by atoms with van der Waals surface area (Å²) < 4.78 is 5.43. The monoisotopic (exact) mass is 272 g/mol. The van der Waals surface area contributed by atoms with E-state index in [-0.39, 0.29) is 11.8 Å². The SMILES string of the molecule is Cc1cccc(CNC(=O)c2oc(C)nc2C(C)C)c1. The molecule has 0 spiro atoms. The normalized spacial score (nSPS) is 10.8. The maximum Gasteiger partial charge on any atom is 0.289 e. The Kier molecular flexibility index (Phi) is 4.23. The first-order valence-electron chi connectivity index (χ1n) is 6.78. The average Bonchev–Trinajstić information content (AvgIpc) is 2.78. The van der Waals surface area contributed by atoms with Crippen LogP contribution in [-0.4, -0.2) is 10.9 Å². The molecule has 1 N–H and O–H groups in total. The topological polar surface area (TPSA) is 55.1 Å². The molecule has 2 aromatic rings. The Morgan fingerprint density at radius 3 is 2.75 bits per heavy atom. The third-order valence-corrected chi connectivity index (χ3v) is 3.05. The number of aromatic nitrogens is 1.